The Hall–Kier alpha value is -3.08. The number of carbonyl (C=O) groups excluding carboxylic acids is 2. The molecule has 0 spiro atoms. The highest BCUT2D eigenvalue weighted by Crippen LogP contribution is 2.48. The molecule has 1 fully saturated rings. The van der Waals surface area contributed by atoms with Gasteiger partial charge in [-0.3, -0.25) is 9.59 Å². The molecule has 3 atom stereocenters. The minimum Gasteiger partial charge on any atom is -0.497 e. The fourth-order valence-electron chi connectivity index (χ4n) is 4.12. The predicted octanol–water partition coefficient (Wildman–Crippen LogP) is 5.16. The largest absolute Gasteiger partial charge is 0.497 e. The van der Waals surface area contributed by atoms with Gasteiger partial charge in [0, 0.05) is 18.8 Å². The van der Waals surface area contributed by atoms with Crippen molar-refractivity contribution in [2.24, 2.45) is 5.92 Å². The van der Waals surface area contributed by atoms with Crippen LogP contribution in [0.4, 0.5) is 0 Å². The summed E-state index contributed by atoms with van der Waals surface area (Å²) in [6, 6.07) is 17.1. The third-order valence-electron chi connectivity index (χ3n) is 5.48. The van der Waals surface area contributed by atoms with Crippen LogP contribution in [0.1, 0.15) is 50.7 Å². The molecule has 5 nitrogen and oxygen atoms in total. The van der Waals surface area contributed by atoms with E-state index >= 15 is 0 Å². The van der Waals surface area contributed by atoms with Gasteiger partial charge in [0.1, 0.15) is 17.0 Å². The van der Waals surface area contributed by atoms with E-state index in [1.54, 1.807) is 34.0 Å². The Balaban J connectivity index is 2.08. The van der Waals surface area contributed by atoms with Crippen molar-refractivity contribution >= 4 is 11.9 Å². The van der Waals surface area contributed by atoms with Crippen LogP contribution in [0.15, 0.2) is 67.3 Å². The summed E-state index contributed by atoms with van der Waals surface area (Å²) < 4.78 is 16.9. The van der Waals surface area contributed by atoms with Crippen LogP contribution < -0.4 is 4.74 Å². The van der Waals surface area contributed by atoms with Crippen molar-refractivity contribution in [2.75, 3.05) is 7.11 Å². The summed E-state index contributed by atoms with van der Waals surface area (Å²) in [5.41, 5.74) is 0.127. The topological polar surface area (TPSA) is 61.8 Å². The van der Waals surface area contributed by atoms with Gasteiger partial charge in [-0.2, -0.15) is 0 Å². The molecular weight excluding hydrogens is 392 g/mol. The average molecular weight is 423 g/mol. The third-order valence-corrected chi connectivity index (χ3v) is 5.48. The average Bonchev–Trinajstić information content (AvgIpc) is 2.73. The van der Waals surface area contributed by atoms with Crippen molar-refractivity contribution in [3.63, 3.8) is 0 Å². The molecule has 164 valence electrons. The van der Waals surface area contributed by atoms with E-state index in [1.165, 1.54) is 0 Å². The number of carbonyl (C=O) groups is 2. The molecule has 0 radical (unpaired) electrons. The van der Waals surface area contributed by atoms with Crippen molar-refractivity contribution in [1.82, 2.24) is 0 Å². The number of ether oxygens (including phenoxy) is 3. The number of methoxy groups -OCH3 is 1. The van der Waals surface area contributed by atoms with Crippen molar-refractivity contribution in [1.29, 1.82) is 0 Å². The first-order chi connectivity index (χ1) is 14.7. The van der Waals surface area contributed by atoms with E-state index in [4.69, 9.17) is 14.2 Å². The lowest BCUT2D eigenvalue weighted by Gasteiger charge is -2.43. The number of cyclic esters (lactones) is 1. The van der Waals surface area contributed by atoms with Gasteiger partial charge < -0.3 is 14.2 Å². The second-order valence-electron chi connectivity index (χ2n) is 8.87. The number of rotatable bonds is 6. The minimum absolute atomic E-state index is 0.415. The zero-order valence-corrected chi connectivity index (χ0v) is 18.6. The molecule has 0 aliphatic carbocycles. The van der Waals surface area contributed by atoms with Gasteiger partial charge in [0.15, 0.2) is 5.92 Å². The van der Waals surface area contributed by atoms with Gasteiger partial charge >= 0.3 is 11.9 Å². The third kappa shape index (κ3) is 4.98. The summed E-state index contributed by atoms with van der Waals surface area (Å²) >= 11 is 0. The van der Waals surface area contributed by atoms with E-state index in [9.17, 15) is 9.59 Å². The first-order valence-electron chi connectivity index (χ1n) is 10.5. The van der Waals surface area contributed by atoms with Crippen LogP contribution in [-0.2, 0) is 24.7 Å². The van der Waals surface area contributed by atoms with Crippen molar-refractivity contribution in [2.45, 2.75) is 50.7 Å². The summed E-state index contributed by atoms with van der Waals surface area (Å²) in [5, 5.41) is 0. The molecule has 1 aliphatic heterocycles. The fourth-order valence-corrected chi connectivity index (χ4v) is 4.12. The van der Waals surface area contributed by atoms with E-state index in [2.05, 4.69) is 6.58 Å². The summed E-state index contributed by atoms with van der Waals surface area (Å²) in [4.78, 5) is 26.4. The van der Waals surface area contributed by atoms with Crippen LogP contribution in [0, 0.1) is 5.92 Å². The zero-order valence-electron chi connectivity index (χ0n) is 18.6. The maximum atomic E-state index is 13.3. The van der Waals surface area contributed by atoms with Crippen LogP contribution in [-0.4, -0.2) is 24.6 Å². The Labute approximate surface area is 184 Å². The molecule has 0 amide bonds. The maximum absolute atomic E-state index is 13.3. The second-order valence-corrected chi connectivity index (χ2v) is 8.87. The van der Waals surface area contributed by atoms with Crippen LogP contribution in [0.5, 0.6) is 5.75 Å². The Morgan fingerprint density at radius 3 is 2.35 bits per heavy atom. The molecule has 2 aromatic rings. The van der Waals surface area contributed by atoms with Gasteiger partial charge in [-0.1, -0.05) is 48.5 Å². The van der Waals surface area contributed by atoms with Gasteiger partial charge in [-0.25, -0.2) is 0 Å². The standard InChI is InChI=1S/C26H30O5/c1-6-16-26(19-10-8-7-9-11-19)17-21(18-12-14-20(29-5)15-13-18)22(24(28)31-26)23(27)30-25(2,3)4/h6-15,21-22H,1,16-17H2,2-5H3/t21-,22+,26+/m1/s1. The van der Waals surface area contributed by atoms with E-state index in [1.807, 2.05) is 54.6 Å². The van der Waals surface area contributed by atoms with Crippen molar-refractivity contribution < 1.29 is 23.8 Å². The predicted molar refractivity (Wildman–Crippen MR) is 119 cm³/mol. The van der Waals surface area contributed by atoms with Gasteiger partial charge in [0.2, 0.25) is 0 Å². The van der Waals surface area contributed by atoms with Gasteiger partial charge in [0.05, 0.1) is 7.11 Å². The molecule has 1 heterocycles. The van der Waals surface area contributed by atoms with Crippen LogP contribution in [0.2, 0.25) is 0 Å². The molecule has 0 bridgehead atoms. The number of hydrogen-bond acceptors (Lipinski definition) is 5. The maximum Gasteiger partial charge on any atom is 0.321 e. The van der Waals surface area contributed by atoms with Crippen molar-refractivity contribution in [3.8, 4) is 5.75 Å². The Morgan fingerprint density at radius 2 is 1.81 bits per heavy atom. The summed E-state index contributed by atoms with van der Waals surface area (Å²) in [5.74, 6) is -1.90. The molecule has 2 aromatic carbocycles. The SMILES string of the molecule is C=CC[C@@]1(c2ccccc2)C[C@H](c2ccc(OC)cc2)[C@@H](C(=O)OC(C)(C)C)C(=O)O1. The lowest BCUT2D eigenvalue weighted by molar-refractivity contribution is -0.189. The quantitative estimate of drug-likeness (QED) is 0.366. The molecule has 0 aromatic heterocycles. The summed E-state index contributed by atoms with van der Waals surface area (Å²) in [6.45, 7) is 9.23. The summed E-state index contributed by atoms with van der Waals surface area (Å²) in [6.07, 6.45) is 2.63. The second kappa shape index (κ2) is 8.96. The molecule has 0 saturated carbocycles. The molecule has 1 aliphatic rings. The highest BCUT2D eigenvalue weighted by molar-refractivity contribution is 5.97. The van der Waals surface area contributed by atoms with Crippen LogP contribution in [0.25, 0.3) is 0 Å². The molecule has 1 saturated heterocycles. The fraction of sp³-hybridized carbons (Fsp3) is 0.385. The first kappa shape index (κ1) is 22.6. The molecule has 5 heteroatoms. The normalized spacial score (nSPS) is 23.5. The Morgan fingerprint density at radius 1 is 1.16 bits per heavy atom. The number of esters is 2. The van der Waals surface area contributed by atoms with E-state index < -0.39 is 35.0 Å². The monoisotopic (exact) mass is 422 g/mol. The Bertz CT molecular complexity index is 927. The highest BCUT2D eigenvalue weighted by atomic mass is 16.6. The number of hydrogen-bond donors (Lipinski definition) is 0. The van der Waals surface area contributed by atoms with Gasteiger partial charge in [0.25, 0.3) is 0 Å². The van der Waals surface area contributed by atoms with Gasteiger partial charge in [-0.05, 0) is 44.0 Å². The lowest BCUT2D eigenvalue weighted by Crippen LogP contribution is -2.48. The minimum atomic E-state index is -1.05. The van der Waals surface area contributed by atoms with E-state index in [0.717, 1.165) is 11.1 Å². The molecule has 3 rings (SSSR count). The zero-order chi connectivity index (χ0) is 22.6. The Kier molecular flexibility index (Phi) is 6.54. The van der Waals surface area contributed by atoms with Crippen LogP contribution >= 0.6 is 0 Å². The molecular formula is C26H30O5. The lowest BCUT2D eigenvalue weighted by atomic mass is 9.71. The van der Waals surface area contributed by atoms with E-state index in [0.29, 0.717) is 18.6 Å². The highest BCUT2D eigenvalue weighted by Gasteiger charge is 2.52. The molecule has 31 heavy (non-hydrogen) atoms. The smallest absolute Gasteiger partial charge is 0.321 e. The van der Waals surface area contributed by atoms with Crippen LogP contribution in [0.3, 0.4) is 0 Å². The number of benzene rings is 2. The van der Waals surface area contributed by atoms with Gasteiger partial charge in [-0.15, -0.1) is 6.58 Å². The molecule has 0 N–H and O–H groups in total. The van der Waals surface area contributed by atoms with Crippen molar-refractivity contribution in [3.05, 3.63) is 78.4 Å². The first-order valence-corrected chi connectivity index (χ1v) is 10.5. The van der Waals surface area contributed by atoms with E-state index in [-0.39, 0.29) is 0 Å². The summed E-state index contributed by atoms with van der Waals surface area (Å²) in [7, 11) is 1.60. The molecule has 0 unspecified atom stereocenters.